The summed E-state index contributed by atoms with van der Waals surface area (Å²) in [6.07, 6.45) is 8.42. The lowest BCUT2D eigenvalue weighted by Gasteiger charge is -2.38. The lowest BCUT2D eigenvalue weighted by atomic mass is 9.91. The van der Waals surface area contributed by atoms with E-state index in [0.717, 1.165) is 19.5 Å². The third kappa shape index (κ3) is 3.67. The van der Waals surface area contributed by atoms with Crippen LogP contribution in [0.4, 0.5) is 0 Å². The van der Waals surface area contributed by atoms with E-state index in [1.807, 2.05) is 0 Å². The van der Waals surface area contributed by atoms with E-state index in [1.54, 1.807) is 0 Å². The lowest BCUT2D eigenvalue weighted by Crippen LogP contribution is -2.50. The van der Waals surface area contributed by atoms with Crippen LogP contribution in [0.25, 0.3) is 0 Å². The highest BCUT2D eigenvalue weighted by molar-refractivity contribution is 4.86. The minimum absolute atomic E-state index is 0.0864. The molecule has 2 N–H and O–H groups in total. The normalized spacial score (nSPS) is 34.4. The molecule has 3 heteroatoms. The summed E-state index contributed by atoms with van der Waals surface area (Å²) in [5, 5.41) is 13.8. The standard InChI is InChI=1S/C14H28N2O/c1-2-10-16(11-12-6-5-9-15-12)13-7-3-4-8-14(13)17/h12-15,17H,2-11H2,1H3. The zero-order valence-corrected chi connectivity index (χ0v) is 11.2. The molecule has 0 bridgehead atoms. The van der Waals surface area contributed by atoms with E-state index < -0.39 is 0 Å². The van der Waals surface area contributed by atoms with Gasteiger partial charge in [0.05, 0.1) is 6.10 Å². The number of hydrogen-bond donors (Lipinski definition) is 2. The number of nitrogens with zero attached hydrogens (tertiary/aromatic N) is 1. The first kappa shape index (κ1) is 13.3. The van der Waals surface area contributed by atoms with Gasteiger partial charge in [-0.3, -0.25) is 4.90 Å². The summed E-state index contributed by atoms with van der Waals surface area (Å²) in [7, 11) is 0. The summed E-state index contributed by atoms with van der Waals surface area (Å²) in [5.74, 6) is 0. The maximum Gasteiger partial charge on any atom is 0.0695 e. The van der Waals surface area contributed by atoms with Crippen molar-refractivity contribution in [3.63, 3.8) is 0 Å². The van der Waals surface area contributed by atoms with E-state index in [0.29, 0.717) is 12.1 Å². The molecular formula is C14H28N2O. The van der Waals surface area contributed by atoms with Crippen molar-refractivity contribution in [2.24, 2.45) is 0 Å². The molecule has 0 spiro atoms. The monoisotopic (exact) mass is 240 g/mol. The van der Waals surface area contributed by atoms with Gasteiger partial charge in [-0.1, -0.05) is 19.8 Å². The predicted octanol–water partition coefficient (Wildman–Crippen LogP) is 1.75. The molecule has 0 radical (unpaired) electrons. The highest BCUT2D eigenvalue weighted by Gasteiger charge is 2.30. The first-order valence-corrected chi connectivity index (χ1v) is 7.46. The molecule has 0 aromatic heterocycles. The number of hydrogen-bond acceptors (Lipinski definition) is 3. The van der Waals surface area contributed by atoms with E-state index in [4.69, 9.17) is 0 Å². The summed E-state index contributed by atoms with van der Waals surface area (Å²) in [4.78, 5) is 2.55. The van der Waals surface area contributed by atoms with E-state index in [-0.39, 0.29) is 6.10 Å². The molecule has 1 aliphatic heterocycles. The lowest BCUT2D eigenvalue weighted by molar-refractivity contribution is 0.0162. The van der Waals surface area contributed by atoms with E-state index in [2.05, 4.69) is 17.1 Å². The molecule has 1 saturated heterocycles. The Hall–Kier alpha value is -0.120. The van der Waals surface area contributed by atoms with Gasteiger partial charge in [0.15, 0.2) is 0 Å². The van der Waals surface area contributed by atoms with Gasteiger partial charge in [-0.15, -0.1) is 0 Å². The SMILES string of the molecule is CCCN(CC1CCCN1)C1CCCCC1O. The van der Waals surface area contributed by atoms with Crippen molar-refractivity contribution >= 4 is 0 Å². The fourth-order valence-corrected chi connectivity index (χ4v) is 3.39. The molecule has 1 saturated carbocycles. The highest BCUT2D eigenvalue weighted by atomic mass is 16.3. The van der Waals surface area contributed by atoms with Gasteiger partial charge in [0.25, 0.3) is 0 Å². The van der Waals surface area contributed by atoms with Crippen molar-refractivity contribution in [1.82, 2.24) is 10.2 Å². The molecule has 3 unspecified atom stereocenters. The molecule has 0 amide bonds. The summed E-state index contributed by atoms with van der Waals surface area (Å²) in [6.45, 7) is 5.69. The molecular weight excluding hydrogens is 212 g/mol. The van der Waals surface area contributed by atoms with Crippen molar-refractivity contribution in [2.75, 3.05) is 19.6 Å². The van der Waals surface area contributed by atoms with Gasteiger partial charge in [-0.25, -0.2) is 0 Å². The smallest absolute Gasteiger partial charge is 0.0695 e. The summed E-state index contributed by atoms with van der Waals surface area (Å²) < 4.78 is 0. The Morgan fingerprint density at radius 2 is 2.00 bits per heavy atom. The maximum absolute atomic E-state index is 10.2. The third-order valence-electron chi connectivity index (χ3n) is 4.29. The van der Waals surface area contributed by atoms with Crippen molar-refractivity contribution in [1.29, 1.82) is 0 Å². The molecule has 0 aromatic carbocycles. The van der Waals surface area contributed by atoms with E-state index in [1.165, 1.54) is 45.1 Å². The van der Waals surface area contributed by atoms with Crippen LogP contribution in [0.1, 0.15) is 51.9 Å². The van der Waals surface area contributed by atoms with Gasteiger partial charge in [-0.05, 0) is 45.2 Å². The molecule has 2 fully saturated rings. The number of nitrogens with one attached hydrogen (secondary N) is 1. The highest BCUT2D eigenvalue weighted by Crippen LogP contribution is 2.24. The Labute approximate surface area is 106 Å². The fraction of sp³-hybridized carbons (Fsp3) is 1.00. The quantitative estimate of drug-likeness (QED) is 0.768. The minimum atomic E-state index is -0.0864. The average Bonchev–Trinajstić information content (AvgIpc) is 2.82. The Morgan fingerprint density at radius 1 is 1.18 bits per heavy atom. The van der Waals surface area contributed by atoms with Gasteiger partial charge < -0.3 is 10.4 Å². The summed E-state index contributed by atoms with van der Waals surface area (Å²) in [6, 6.07) is 1.08. The Bertz CT molecular complexity index is 216. The topological polar surface area (TPSA) is 35.5 Å². The van der Waals surface area contributed by atoms with Crippen LogP contribution in [0, 0.1) is 0 Å². The maximum atomic E-state index is 10.2. The number of aliphatic hydroxyl groups excluding tert-OH is 1. The van der Waals surface area contributed by atoms with Gasteiger partial charge in [-0.2, -0.15) is 0 Å². The van der Waals surface area contributed by atoms with Crippen molar-refractivity contribution in [3.05, 3.63) is 0 Å². The second kappa shape index (κ2) is 6.72. The molecule has 2 aliphatic rings. The van der Waals surface area contributed by atoms with Crippen LogP contribution in [-0.4, -0.2) is 47.8 Å². The molecule has 0 aromatic rings. The van der Waals surface area contributed by atoms with Gasteiger partial charge >= 0.3 is 0 Å². The second-order valence-corrected chi connectivity index (χ2v) is 5.71. The van der Waals surface area contributed by atoms with Crippen LogP contribution in [-0.2, 0) is 0 Å². The van der Waals surface area contributed by atoms with Gasteiger partial charge in [0.2, 0.25) is 0 Å². The van der Waals surface area contributed by atoms with Crippen LogP contribution in [0.2, 0.25) is 0 Å². The molecule has 1 heterocycles. The molecule has 1 aliphatic carbocycles. The molecule has 3 nitrogen and oxygen atoms in total. The molecule has 100 valence electrons. The van der Waals surface area contributed by atoms with Crippen LogP contribution in [0.15, 0.2) is 0 Å². The fourth-order valence-electron chi connectivity index (χ4n) is 3.39. The van der Waals surface area contributed by atoms with Crippen molar-refractivity contribution in [2.45, 2.75) is 70.1 Å². The summed E-state index contributed by atoms with van der Waals surface area (Å²) >= 11 is 0. The Kier molecular flexibility index (Phi) is 5.26. The number of aliphatic hydroxyl groups is 1. The van der Waals surface area contributed by atoms with Gasteiger partial charge in [0, 0.05) is 18.6 Å². The Morgan fingerprint density at radius 3 is 2.65 bits per heavy atom. The second-order valence-electron chi connectivity index (χ2n) is 5.71. The largest absolute Gasteiger partial charge is 0.391 e. The van der Waals surface area contributed by atoms with Crippen molar-refractivity contribution in [3.8, 4) is 0 Å². The van der Waals surface area contributed by atoms with Crippen molar-refractivity contribution < 1.29 is 5.11 Å². The minimum Gasteiger partial charge on any atom is -0.391 e. The first-order chi connectivity index (χ1) is 8.31. The zero-order chi connectivity index (χ0) is 12.1. The predicted molar refractivity (Wildman–Crippen MR) is 71.2 cm³/mol. The zero-order valence-electron chi connectivity index (χ0n) is 11.2. The van der Waals surface area contributed by atoms with Crippen LogP contribution in [0.5, 0.6) is 0 Å². The Balaban J connectivity index is 1.89. The van der Waals surface area contributed by atoms with Gasteiger partial charge in [0.1, 0.15) is 0 Å². The van der Waals surface area contributed by atoms with Crippen LogP contribution >= 0.6 is 0 Å². The first-order valence-electron chi connectivity index (χ1n) is 7.46. The number of rotatable bonds is 5. The molecule has 3 atom stereocenters. The third-order valence-corrected chi connectivity index (χ3v) is 4.29. The van der Waals surface area contributed by atoms with Crippen LogP contribution < -0.4 is 5.32 Å². The molecule has 2 rings (SSSR count). The van der Waals surface area contributed by atoms with E-state index >= 15 is 0 Å². The molecule has 17 heavy (non-hydrogen) atoms. The summed E-state index contributed by atoms with van der Waals surface area (Å²) in [5.41, 5.74) is 0. The van der Waals surface area contributed by atoms with Crippen LogP contribution in [0.3, 0.4) is 0 Å². The average molecular weight is 240 g/mol. The van der Waals surface area contributed by atoms with E-state index in [9.17, 15) is 5.11 Å².